The lowest BCUT2D eigenvalue weighted by Gasteiger charge is -2.41. The molecule has 0 amide bonds. The topological polar surface area (TPSA) is 46.9 Å². The van der Waals surface area contributed by atoms with Crippen molar-refractivity contribution in [2.24, 2.45) is 0 Å². The number of β-amino-alcohol motifs (C(OH)–C–C–N with tert-alkyl or cyclic N) is 2. The van der Waals surface area contributed by atoms with Crippen molar-refractivity contribution in [3.63, 3.8) is 0 Å². The Morgan fingerprint density at radius 2 is 1.86 bits per heavy atom. The molecule has 0 saturated carbocycles. The smallest absolute Gasteiger partial charge is 0.0917 e. The average molecular weight is 306 g/mol. The van der Waals surface area contributed by atoms with Crippen molar-refractivity contribution < 1.29 is 10.2 Å². The van der Waals surface area contributed by atoms with E-state index in [1.807, 2.05) is 13.0 Å². The fourth-order valence-corrected chi connectivity index (χ4v) is 3.17. The van der Waals surface area contributed by atoms with Gasteiger partial charge in [-0.3, -0.25) is 9.80 Å². The normalized spacial score (nSPS) is 23.5. The number of benzene rings is 1. The molecule has 1 aromatic carbocycles. The van der Waals surface area contributed by atoms with E-state index in [0.29, 0.717) is 12.6 Å². The number of hydrogen-bond donors (Lipinski definition) is 2. The van der Waals surface area contributed by atoms with E-state index in [1.165, 1.54) is 11.1 Å². The van der Waals surface area contributed by atoms with Crippen LogP contribution in [-0.2, 0) is 0 Å². The lowest BCUT2D eigenvalue weighted by molar-refractivity contribution is 0.0240. The molecular weight excluding hydrogens is 276 g/mol. The molecule has 0 spiro atoms. The molecule has 2 N–H and O–H groups in total. The molecule has 1 aromatic rings. The fourth-order valence-electron chi connectivity index (χ4n) is 3.17. The highest BCUT2D eigenvalue weighted by atomic mass is 16.3. The van der Waals surface area contributed by atoms with Crippen LogP contribution in [0.25, 0.3) is 0 Å². The first-order valence-electron chi connectivity index (χ1n) is 8.26. The third-order valence-electron chi connectivity index (χ3n) is 4.69. The average Bonchev–Trinajstić information content (AvgIpc) is 2.44. The zero-order chi connectivity index (χ0) is 16.3. The second-order valence-corrected chi connectivity index (χ2v) is 6.81. The van der Waals surface area contributed by atoms with Gasteiger partial charge in [-0.05, 0) is 44.4 Å². The second kappa shape index (κ2) is 7.55. The Bertz CT molecular complexity index is 490. The minimum absolute atomic E-state index is 0.282. The summed E-state index contributed by atoms with van der Waals surface area (Å²) in [6.45, 7) is 12.4. The molecule has 2 rings (SSSR count). The Kier molecular flexibility index (Phi) is 5.98. The van der Waals surface area contributed by atoms with Gasteiger partial charge in [0.1, 0.15) is 0 Å². The Hall–Kier alpha value is -0.940. The number of aliphatic hydroxyl groups is 2. The van der Waals surface area contributed by atoms with Gasteiger partial charge in [-0.25, -0.2) is 0 Å². The lowest BCUT2D eigenvalue weighted by atomic mass is 10.0. The van der Waals surface area contributed by atoms with Gasteiger partial charge in [-0.2, -0.15) is 0 Å². The molecule has 1 heterocycles. The number of nitrogens with zero attached hydrogens (tertiary/aromatic N) is 2. The molecule has 4 nitrogen and oxygen atoms in total. The highest BCUT2D eigenvalue weighted by Crippen LogP contribution is 2.20. The van der Waals surface area contributed by atoms with E-state index in [0.717, 1.165) is 31.7 Å². The summed E-state index contributed by atoms with van der Waals surface area (Å²) in [7, 11) is 0. The van der Waals surface area contributed by atoms with E-state index in [9.17, 15) is 10.2 Å². The number of aliphatic hydroxyl groups excluding tert-OH is 2. The molecule has 1 aliphatic heterocycles. The summed E-state index contributed by atoms with van der Waals surface area (Å²) in [6.07, 6.45) is -0.718. The van der Waals surface area contributed by atoms with E-state index in [4.69, 9.17) is 0 Å². The van der Waals surface area contributed by atoms with Crippen LogP contribution in [0, 0.1) is 13.8 Å². The second-order valence-electron chi connectivity index (χ2n) is 6.81. The quantitative estimate of drug-likeness (QED) is 0.870. The van der Waals surface area contributed by atoms with Crippen molar-refractivity contribution in [1.82, 2.24) is 9.80 Å². The first-order valence-corrected chi connectivity index (χ1v) is 8.26. The summed E-state index contributed by atoms with van der Waals surface area (Å²) in [5.41, 5.74) is 3.49. The maximum atomic E-state index is 10.5. The van der Waals surface area contributed by atoms with Crippen LogP contribution in [0.4, 0.5) is 0 Å². The third kappa shape index (κ3) is 4.53. The zero-order valence-corrected chi connectivity index (χ0v) is 14.3. The number of aryl methyl sites for hydroxylation is 2. The van der Waals surface area contributed by atoms with Gasteiger partial charge in [0.15, 0.2) is 0 Å². The van der Waals surface area contributed by atoms with Gasteiger partial charge in [0.05, 0.1) is 12.2 Å². The van der Waals surface area contributed by atoms with Crippen molar-refractivity contribution in [3.8, 4) is 0 Å². The van der Waals surface area contributed by atoms with Crippen molar-refractivity contribution in [1.29, 1.82) is 0 Å². The van der Waals surface area contributed by atoms with Crippen LogP contribution in [0.3, 0.4) is 0 Å². The minimum atomic E-state index is -0.435. The summed E-state index contributed by atoms with van der Waals surface area (Å²) in [6, 6.07) is 6.61. The lowest BCUT2D eigenvalue weighted by Crippen LogP contribution is -2.54. The molecule has 124 valence electrons. The van der Waals surface area contributed by atoms with Crippen LogP contribution < -0.4 is 0 Å². The van der Waals surface area contributed by atoms with Crippen LogP contribution in [0.15, 0.2) is 18.2 Å². The van der Waals surface area contributed by atoms with Crippen LogP contribution in [0.1, 0.15) is 36.6 Å². The van der Waals surface area contributed by atoms with Crippen molar-refractivity contribution >= 4 is 0 Å². The van der Waals surface area contributed by atoms with Gasteiger partial charge in [-0.1, -0.05) is 18.2 Å². The molecular formula is C18H30N2O2. The van der Waals surface area contributed by atoms with Crippen molar-refractivity contribution in [2.75, 3.05) is 32.7 Å². The van der Waals surface area contributed by atoms with Crippen LogP contribution >= 0.6 is 0 Å². The molecule has 0 aromatic heterocycles. The monoisotopic (exact) mass is 306 g/mol. The van der Waals surface area contributed by atoms with E-state index in [1.54, 1.807) is 0 Å². The predicted molar refractivity (Wildman–Crippen MR) is 90.0 cm³/mol. The van der Waals surface area contributed by atoms with E-state index < -0.39 is 6.10 Å². The first-order chi connectivity index (χ1) is 10.4. The molecule has 0 radical (unpaired) electrons. The molecule has 0 unspecified atom stereocenters. The van der Waals surface area contributed by atoms with E-state index >= 15 is 0 Å². The van der Waals surface area contributed by atoms with Crippen molar-refractivity contribution in [3.05, 3.63) is 34.9 Å². The van der Waals surface area contributed by atoms with Crippen LogP contribution in [0.2, 0.25) is 0 Å². The molecule has 0 bridgehead atoms. The summed E-state index contributed by atoms with van der Waals surface area (Å²) in [4.78, 5) is 4.65. The first kappa shape index (κ1) is 17.4. The fraction of sp³-hybridized carbons (Fsp3) is 0.667. The maximum Gasteiger partial charge on any atom is 0.0917 e. The van der Waals surface area contributed by atoms with Gasteiger partial charge in [-0.15, -0.1) is 0 Å². The number of rotatable bonds is 5. The van der Waals surface area contributed by atoms with Gasteiger partial charge < -0.3 is 10.2 Å². The SMILES string of the molecule is Cc1ccc([C@H](O)CN2CCN(C[C@@H](C)O)[C@H](C)C2)cc1C. The summed E-state index contributed by atoms with van der Waals surface area (Å²) < 4.78 is 0. The molecule has 0 aliphatic carbocycles. The summed E-state index contributed by atoms with van der Waals surface area (Å²) >= 11 is 0. The van der Waals surface area contributed by atoms with Gasteiger partial charge in [0, 0.05) is 38.8 Å². The summed E-state index contributed by atoms with van der Waals surface area (Å²) in [5.74, 6) is 0. The van der Waals surface area contributed by atoms with E-state index in [-0.39, 0.29) is 6.10 Å². The number of piperazine rings is 1. The van der Waals surface area contributed by atoms with Gasteiger partial charge in [0.25, 0.3) is 0 Å². The Labute approximate surface area is 134 Å². The molecule has 1 saturated heterocycles. The number of hydrogen-bond acceptors (Lipinski definition) is 4. The maximum absolute atomic E-state index is 10.5. The van der Waals surface area contributed by atoms with Gasteiger partial charge in [0.2, 0.25) is 0 Å². The highest BCUT2D eigenvalue weighted by Gasteiger charge is 2.25. The standard InChI is InChI=1S/C18H30N2O2/c1-13-5-6-17(9-14(13)2)18(22)12-19-7-8-20(11-16(4)21)15(3)10-19/h5-6,9,15-16,18,21-22H,7-8,10-12H2,1-4H3/t15-,16-,18-/m1/s1. The van der Waals surface area contributed by atoms with Crippen molar-refractivity contribution in [2.45, 2.75) is 45.9 Å². The highest BCUT2D eigenvalue weighted by molar-refractivity contribution is 5.31. The largest absolute Gasteiger partial charge is 0.392 e. The molecule has 4 heteroatoms. The Morgan fingerprint density at radius 3 is 2.45 bits per heavy atom. The molecule has 1 aliphatic rings. The van der Waals surface area contributed by atoms with E-state index in [2.05, 4.69) is 42.7 Å². The minimum Gasteiger partial charge on any atom is -0.392 e. The Balaban J connectivity index is 1.90. The molecule has 3 atom stereocenters. The third-order valence-corrected chi connectivity index (χ3v) is 4.69. The molecule has 1 fully saturated rings. The summed E-state index contributed by atoms with van der Waals surface area (Å²) in [5, 5.41) is 20.0. The van der Waals surface area contributed by atoms with Gasteiger partial charge >= 0.3 is 0 Å². The Morgan fingerprint density at radius 1 is 1.14 bits per heavy atom. The zero-order valence-electron chi connectivity index (χ0n) is 14.3. The predicted octanol–water partition coefficient (Wildman–Crippen LogP) is 1.72. The molecule has 22 heavy (non-hydrogen) atoms. The van der Waals surface area contributed by atoms with Crippen LogP contribution in [0.5, 0.6) is 0 Å². The van der Waals surface area contributed by atoms with Crippen LogP contribution in [-0.4, -0.2) is 64.9 Å².